The Morgan fingerprint density at radius 1 is 1.18 bits per heavy atom. The molecule has 1 unspecified atom stereocenters. The van der Waals surface area contributed by atoms with E-state index in [0.29, 0.717) is 0 Å². The van der Waals surface area contributed by atoms with Gasteiger partial charge in [0.1, 0.15) is 18.3 Å². The van der Waals surface area contributed by atoms with Gasteiger partial charge in [-0.25, -0.2) is 0 Å². The van der Waals surface area contributed by atoms with E-state index >= 15 is 0 Å². The van der Waals surface area contributed by atoms with Crippen molar-refractivity contribution in [1.82, 2.24) is 0 Å². The van der Waals surface area contributed by atoms with Gasteiger partial charge in [0.05, 0.1) is 11.9 Å². The number of ether oxygens (including phenoxy) is 2. The smallest absolute Gasteiger partial charge is 0.264 e. The highest BCUT2D eigenvalue weighted by Crippen LogP contribution is 2.23. The van der Waals surface area contributed by atoms with E-state index in [1.165, 1.54) is 7.11 Å². The molecule has 1 heterocycles. The average Bonchev–Trinajstić information content (AvgIpc) is 2.24. The van der Waals surface area contributed by atoms with Crippen LogP contribution in [0.2, 0.25) is 0 Å². The highest BCUT2D eigenvalue weighted by Gasteiger charge is 2.43. The van der Waals surface area contributed by atoms with Crippen LogP contribution >= 0.6 is 0 Å². The Labute approximate surface area is 98.5 Å². The maximum Gasteiger partial charge on any atom is 0.264 e. The van der Waals surface area contributed by atoms with Crippen LogP contribution in [0.3, 0.4) is 0 Å². The molecule has 0 bridgehead atoms. The molecule has 8 nitrogen and oxygen atoms in total. The first-order chi connectivity index (χ1) is 7.76. The van der Waals surface area contributed by atoms with Crippen LogP contribution in [0, 0.1) is 0 Å². The topological polar surface area (TPSA) is 134 Å². The van der Waals surface area contributed by atoms with Crippen molar-refractivity contribution in [3.8, 4) is 0 Å². The number of hydrogen-bond acceptors (Lipinski definition) is 7. The minimum atomic E-state index is -4.18. The van der Waals surface area contributed by atoms with Crippen LogP contribution in [0.1, 0.15) is 6.42 Å². The third-order valence-electron chi connectivity index (χ3n) is 2.56. The molecule has 1 saturated heterocycles. The summed E-state index contributed by atoms with van der Waals surface area (Å²) < 4.78 is 39.5. The Kier molecular flexibility index (Phi) is 4.84. The van der Waals surface area contributed by atoms with Crippen LogP contribution in [0.25, 0.3) is 0 Å². The van der Waals surface area contributed by atoms with Gasteiger partial charge in [-0.15, -0.1) is 0 Å². The second-order valence-corrected chi connectivity index (χ2v) is 5.40. The third-order valence-corrected chi connectivity index (χ3v) is 3.31. The van der Waals surface area contributed by atoms with E-state index in [1.54, 1.807) is 0 Å². The first-order valence-electron chi connectivity index (χ1n) is 4.94. The molecule has 1 fully saturated rings. The Morgan fingerprint density at radius 3 is 2.24 bits per heavy atom. The molecule has 1 aliphatic heterocycles. The van der Waals surface area contributed by atoms with Crippen molar-refractivity contribution in [2.45, 2.75) is 37.1 Å². The van der Waals surface area contributed by atoms with Crippen molar-refractivity contribution in [2.75, 3.05) is 12.9 Å². The highest BCUT2D eigenvalue weighted by molar-refractivity contribution is 7.85. The third kappa shape index (κ3) is 3.85. The lowest BCUT2D eigenvalue weighted by Gasteiger charge is -2.39. The molecule has 1 aliphatic rings. The maximum absolute atomic E-state index is 10.6. The summed E-state index contributed by atoms with van der Waals surface area (Å²) in [4.78, 5) is 0. The Hall–Kier alpha value is -0.290. The standard InChI is InChI=1S/C8H16O8S/c1-15-8-7(11)6(10)5(9)4(16-8)2-3-17(12,13)14/h4-11H,2-3H2,1H3,(H,12,13,14)/t4-,5-,6+,7+,8?/m1/s1. The highest BCUT2D eigenvalue weighted by atomic mass is 32.2. The molecule has 0 aromatic carbocycles. The predicted octanol–water partition coefficient (Wildman–Crippen LogP) is -2.28. The van der Waals surface area contributed by atoms with Gasteiger partial charge in [0.25, 0.3) is 10.1 Å². The zero-order chi connectivity index (χ0) is 13.2. The quantitative estimate of drug-likeness (QED) is 0.420. The lowest BCUT2D eigenvalue weighted by atomic mass is 9.97. The largest absolute Gasteiger partial charge is 0.388 e. The van der Waals surface area contributed by atoms with E-state index in [9.17, 15) is 23.7 Å². The van der Waals surface area contributed by atoms with Crippen LogP contribution in [-0.4, -0.2) is 71.9 Å². The Balaban J connectivity index is 2.66. The van der Waals surface area contributed by atoms with Gasteiger partial charge in [-0.05, 0) is 6.42 Å². The van der Waals surface area contributed by atoms with Gasteiger partial charge < -0.3 is 24.8 Å². The summed E-state index contributed by atoms with van der Waals surface area (Å²) >= 11 is 0. The molecule has 0 amide bonds. The number of methoxy groups -OCH3 is 1. The minimum Gasteiger partial charge on any atom is -0.388 e. The van der Waals surface area contributed by atoms with Crippen molar-refractivity contribution in [1.29, 1.82) is 0 Å². The zero-order valence-corrected chi connectivity index (χ0v) is 9.95. The molecular weight excluding hydrogens is 256 g/mol. The van der Waals surface area contributed by atoms with E-state index < -0.39 is 46.6 Å². The fourth-order valence-corrected chi connectivity index (χ4v) is 2.15. The first kappa shape index (κ1) is 14.8. The molecule has 1 rings (SSSR count). The zero-order valence-electron chi connectivity index (χ0n) is 9.13. The van der Waals surface area contributed by atoms with Gasteiger partial charge in [-0.1, -0.05) is 0 Å². The molecule has 102 valence electrons. The average molecular weight is 272 g/mol. The first-order valence-corrected chi connectivity index (χ1v) is 6.55. The molecule has 17 heavy (non-hydrogen) atoms. The molecule has 9 heteroatoms. The van der Waals surface area contributed by atoms with Gasteiger partial charge in [0.15, 0.2) is 6.29 Å². The lowest BCUT2D eigenvalue weighted by Crippen LogP contribution is -2.58. The van der Waals surface area contributed by atoms with E-state index in [1.807, 2.05) is 0 Å². The summed E-state index contributed by atoms with van der Waals surface area (Å²) in [5, 5.41) is 28.5. The molecule has 0 aromatic rings. The summed E-state index contributed by atoms with van der Waals surface area (Å²) in [6, 6.07) is 0. The van der Waals surface area contributed by atoms with E-state index in [0.717, 1.165) is 0 Å². The number of rotatable bonds is 4. The Bertz CT molecular complexity index is 339. The second kappa shape index (κ2) is 5.57. The Morgan fingerprint density at radius 2 is 1.76 bits per heavy atom. The molecule has 0 saturated carbocycles. The van der Waals surface area contributed by atoms with Crippen molar-refractivity contribution < 1.29 is 37.8 Å². The van der Waals surface area contributed by atoms with Gasteiger partial charge in [0, 0.05) is 7.11 Å². The van der Waals surface area contributed by atoms with E-state index in [-0.39, 0.29) is 6.42 Å². The van der Waals surface area contributed by atoms with Gasteiger partial charge in [0.2, 0.25) is 0 Å². The van der Waals surface area contributed by atoms with Crippen LogP contribution in [0.15, 0.2) is 0 Å². The van der Waals surface area contributed by atoms with Crippen molar-refractivity contribution >= 4 is 10.1 Å². The molecular formula is C8H16O8S. The molecule has 0 aliphatic carbocycles. The maximum atomic E-state index is 10.6. The fraction of sp³-hybridized carbons (Fsp3) is 1.00. The molecule has 5 atom stereocenters. The van der Waals surface area contributed by atoms with Crippen LogP contribution < -0.4 is 0 Å². The van der Waals surface area contributed by atoms with Gasteiger partial charge in [-0.3, -0.25) is 4.55 Å². The molecule has 0 spiro atoms. The lowest BCUT2D eigenvalue weighted by molar-refractivity contribution is -0.289. The van der Waals surface area contributed by atoms with Crippen LogP contribution in [0.4, 0.5) is 0 Å². The summed E-state index contributed by atoms with van der Waals surface area (Å²) in [7, 11) is -2.94. The number of hydrogen-bond donors (Lipinski definition) is 4. The summed E-state index contributed by atoms with van der Waals surface area (Å²) in [5.74, 6) is -0.617. The van der Waals surface area contributed by atoms with Crippen molar-refractivity contribution in [3.05, 3.63) is 0 Å². The van der Waals surface area contributed by atoms with Crippen LogP contribution in [0.5, 0.6) is 0 Å². The summed E-state index contributed by atoms with van der Waals surface area (Å²) in [6.45, 7) is 0. The van der Waals surface area contributed by atoms with Gasteiger partial charge >= 0.3 is 0 Å². The molecule has 0 aromatic heterocycles. The monoisotopic (exact) mass is 272 g/mol. The van der Waals surface area contributed by atoms with E-state index in [2.05, 4.69) is 0 Å². The SMILES string of the molecule is COC1O[C@H](CCS(=O)(=O)O)[C@@H](O)[C@H](O)[C@@H]1O. The number of aliphatic hydroxyl groups is 3. The summed E-state index contributed by atoms with van der Waals surface area (Å²) in [5.41, 5.74) is 0. The fourth-order valence-electron chi connectivity index (χ4n) is 1.62. The normalized spacial score (nSPS) is 39.2. The van der Waals surface area contributed by atoms with Crippen molar-refractivity contribution in [2.24, 2.45) is 0 Å². The minimum absolute atomic E-state index is 0.219. The summed E-state index contributed by atoms with van der Waals surface area (Å²) in [6.07, 6.45) is -6.78. The number of aliphatic hydroxyl groups excluding tert-OH is 3. The van der Waals surface area contributed by atoms with Gasteiger partial charge in [-0.2, -0.15) is 8.42 Å². The molecule has 4 N–H and O–H groups in total. The second-order valence-electron chi connectivity index (χ2n) is 3.83. The predicted molar refractivity (Wildman–Crippen MR) is 54.7 cm³/mol. The van der Waals surface area contributed by atoms with Crippen LogP contribution in [-0.2, 0) is 19.6 Å². The molecule has 0 radical (unpaired) electrons. The van der Waals surface area contributed by atoms with Crippen molar-refractivity contribution in [3.63, 3.8) is 0 Å². The van der Waals surface area contributed by atoms with E-state index in [4.69, 9.17) is 14.0 Å².